The lowest BCUT2D eigenvalue weighted by molar-refractivity contribution is -0.127. The highest BCUT2D eigenvalue weighted by molar-refractivity contribution is 7.12. The highest BCUT2D eigenvalue weighted by atomic mass is 32.1. The van der Waals surface area contributed by atoms with Crippen molar-refractivity contribution >= 4 is 17.2 Å². The SMILES string of the molecule is CN(C)C(=O)CNCc1ccc(C#CCO)s1. The fourth-order valence-corrected chi connectivity index (χ4v) is 1.97. The van der Waals surface area contributed by atoms with Crippen molar-refractivity contribution in [2.24, 2.45) is 0 Å². The van der Waals surface area contributed by atoms with Gasteiger partial charge in [-0.1, -0.05) is 11.8 Å². The number of likely N-dealkylation sites (N-methyl/N-ethyl adjacent to an activating group) is 1. The number of amides is 1. The standard InChI is InChI=1S/C12H16N2O2S/c1-14(2)12(16)9-13-8-11-6-5-10(17-11)4-3-7-15/h5-6,13,15H,7-9H2,1-2H3. The van der Waals surface area contributed by atoms with E-state index >= 15 is 0 Å². The van der Waals surface area contributed by atoms with Crippen molar-refractivity contribution in [2.75, 3.05) is 27.2 Å². The molecule has 0 bridgehead atoms. The molecule has 2 N–H and O–H groups in total. The Balaban J connectivity index is 2.37. The zero-order valence-electron chi connectivity index (χ0n) is 9.99. The van der Waals surface area contributed by atoms with Gasteiger partial charge in [-0.05, 0) is 12.1 Å². The first kappa shape index (κ1) is 13.7. The molecule has 1 aromatic rings. The van der Waals surface area contributed by atoms with Crippen LogP contribution in [0.3, 0.4) is 0 Å². The van der Waals surface area contributed by atoms with Gasteiger partial charge in [0, 0.05) is 25.5 Å². The first-order chi connectivity index (χ1) is 8.13. The number of aliphatic hydroxyl groups excluding tert-OH is 1. The summed E-state index contributed by atoms with van der Waals surface area (Å²) >= 11 is 1.56. The Bertz CT molecular complexity index is 429. The number of carbonyl (C=O) groups excluding carboxylic acids is 1. The second kappa shape index (κ2) is 7.07. The summed E-state index contributed by atoms with van der Waals surface area (Å²) < 4.78 is 0. The van der Waals surface area contributed by atoms with E-state index in [2.05, 4.69) is 17.2 Å². The zero-order chi connectivity index (χ0) is 12.7. The molecule has 0 aliphatic heterocycles. The van der Waals surface area contributed by atoms with Crippen LogP contribution < -0.4 is 5.32 Å². The maximum atomic E-state index is 11.3. The van der Waals surface area contributed by atoms with E-state index in [-0.39, 0.29) is 12.5 Å². The monoisotopic (exact) mass is 252 g/mol. The van der Waals surface area contributed by atoms with Gasteiger partial charge in [0.1, 0.15) is 6.61 Å². The lowest BCUT2D eigenvalue weighted by Crippen LogP contribution is -2.32. The zero-order valence-corrected chi connectivity index (χ0v) is 10.8. The molecule has 4 nitrogen and oxygen atoms in total. The van der Waals surface area contributed by atoms with E-state index in [9.17, 15) is 4.79 Å². The third kappa shape index (κ3) is 5.00. The van der Waals surface area contributed by atoms with E-state index in [0.717, 1.165) is 9.75 Å². The van der Waals surface area contributed by atoms with E-state index < -0.39 is 0 Å². The van der Waals surface area contributed by atoms with E-state index in [4.69, 9.17) is 5.11 Å². The number of nitrogens with zero attached hydrogens (tertiary/aromatic N) is 1. The van der Waals surface area contributed by atoms with Crippen LogP contribution in [0.4, 0.5) is 0 Å². The summed E-state index contributed by atoms with van der Waals surface area (Å²) in [6.07, 6.45) is 0. The van der Waals surface area contributed by atoms with Crippen molar-refractivity contribution in [3.05, 3.63) is 21.9 Å². The van der Waals surface area contributed by atoms with E-state index in [1.54, 1.807) is 30.3 Å². The van der Waals surface area contributed by atoms with Gasteiger partial charge in [-0.15, -0.1) is 11.3 Å². The third-order valence-electron chi connectivity index (χ3n) is 2.03. The molecule has 17 heavy (non-hydrogen) atoms. The van der Waals surface area contributed by atoms with Crippen LogP contribution in [0.25, 0.3) is 0 Å². The fourth-order valence-electron chi connectivity index (χ4n) is 1.12. The van der Waals surface area contributed by atoms with E-state index in [1.165, 1.54) is 0 Å². The van der Waals surface area contributed by atoms with Crippen LogP contribution in [-0.4, -0.2) is 43.2 Å². The number of thiophene rings is 1. The molecule has 0 radical (unpaired) electrons. The van der Waals surface area contributed by atoms with Gasteiger partial charge < -0.3 is 15.3 Å². The molecule has 5 heteroatoms. The Morgan fingerprint density at radius 1 is 1.53 bits per heavy atom. The average Bonchev–Trinajstić information content (AvgIpc) is 2.74. The van der Waals surface area contributed by atoms with E-state index in [0.29, 0.717) is 13.1 Å². The Kier molecular flexibility index (Phi) is 5.70. The molecule has 0 unspecified atom stereocenters. The molecule has 1 aromatic heterocycles. The van der Waals surface area contributed by atoms with Crippen LogP contribution in [0.5, 0.6) is 0 Å². The molecule has 0 spiro atoms. The van der Waals surface area contributed by atoms with Gasteiger partial charge in [0.2, 0.25) is 5.91 Å². The molecule has 0 aliphatic rings. The summed E-state index contributed by atoms with van der Waals surface area (Å²) in [6, 6.07) is 3.89. The second-order valence-electron chi connectivity index (χ2n) is 3.62. The van der Waals surface area contributed by atoms with Crippen LogP contribution in [0, 0.1) is 11.8 Å². The topological polar surface area (TPSA) is 52.6 Å². The van der Waals surface area contributed by atoms with Crippen LogP contribution >= 0.6 is 11.3 Å². The highest BCUT2D eigenvalue weighted by Gasteiger charge is 2.03. The van der Waals surface area contributed by atoms with Crippen molar-refractivity contribution in [1.82, 2.24) is 10.2 Å². The summed E-state index contributed by atoms with van der Waals surface area (Å²) in [6.45, 7) is 0.871. The predicted octanol–water partition coefficient (Wildman–Crippen LogP) is 0.270. The average molecular weight is 252 g/mol. The number of aliphatic hydroxyl groups is 1. The Labute approximate surface area is 105 Å². The van der Waals surface area contributed by atoms with Crippen LogP contribution in [0.2, 0.25) is 0 Å². The minimum absolute atomic E-state index is 0.0573. The highest BCUT2D eigenvalue weighted by Crippen LogP contribution is 2.14. The third-order valence-corrected chi connectivity index (χ3v) is 3.03. The first-order valence-electron chi connectivity index (χ1n) is 5.23. The molecule has 1 rings (SSSR count). The molecule has 0 fully saturated rings. The van der Waals surface area contributed by atoms with Crippen molar-refractivity contribution < 1.29 is 9.90 Å². The fraction of sp³-hybridized carbons (Fsp3) is 0.417. The minimum atomic E-state index is -0.122. The van der Waals surface area contributed by atoms with Gasteiger partial charge in [0.15, 0.2) is 0 Å². The van der Waals surface area contributed by atoms with Gasteiger partial charge in [-0.2, -0.15) is 0 Å². The normalized spacial score (nSPS) is 9.59. The van der Waals surface area contributed by atoms with Gasteiger partial charge in [-0.3, -0.25) is 4.79 Å². The number of hydrogen-bond acceptors (Lipinski definition) is 4. The lowest BCUT2D eigenvalue weighted by atomic mass is 10.4. The molecule has 0 aromatic carbocycles. The van der Waals surface area contributed by atoms with Gasteiger partial charge in [0.25, 0.3) is 0 Å². The smallest absolute Gasteiger partial charge is 0.236 e. The van der Waals surface area contributed by atoms with Gasteiger partial charge in [-0.25, -0.2) is 0 Å². The molecule has 0 saturated heterocycles. The molecule has 92 valence electrons. The van der Waals surface area contributed by atoms with Gasteiger partial charge >= 0.3 is 0 Å². The van der Waals surface area contributed by atoms with Crippen molar-refractivity contribution in [3.63, 3.8) is 0 Å². The maximum Gasteiger partial charge on any atom is 0.236 e. The maximum absolute atomic E-state index is 11.3. The predicted molar refractivity (Wildman–Crippen MR) is 68.7 cm³/mol. The largest absolute Gasteiger partial charge is 0.384 e. The molecular formula is C12H16N2O2S. The van der Waals surface area contributed by atoms with Crippen molar-refractivity contribution in [2.45, 2.75) is 6.54 Å². The summed E-state index contributed by atoms with van der Waals surface area (Å²) in [5.74, 6) is 5.51. The van der Waals surface area contributed by atoms with Gasteiger partial charge in [0.05, 0.1) is 11.4 Å². The molecule has 1 amide bonds. The summed E-state index contributed by atoms with van der Waals surface area (Å²) in [4.78, 5) is 14.9. The van der Waals surface area contributed by atoms with Crippen LogP contribution in [0.1, 0.15) is 9.75 Å². The number of nitrogens with one attached hydrogen (secondary N) is 1. The molecule has 0 saturated carbocycles. The number of hydrogen-bond donors (Lipinski definition) is 2. The van der Waals surface area contributed by atoms with E-state index in [1.807, 2.05) is 12.1 Å². The summed E-state index contributed by atoms with van der Waals surface area (Å²) in [7, 11) is 3.47. The van der Waals surface area contributed by atoms with Crippen molar-refractivity contribution in [1.29, 1.82) is 0 Å². The van der Waals surface area contributed by atoms with Crippen molar-refractivity contribution in [3.8, 4) is 11.8 Å². The summed E-state index contributed by atoms with van der Waals surface area (Å²) in [5, 5.41) is 11.6. The van der Waals surface area contributed by atoms with Crippen LogP contribution in [0.15, 0.2) is 12.1 Å². The quantitative estimate of drug-likeness (QED) is 0.756. The Morgan fingerprint density at radius 2 is 2.29 bits per heavy atom. The lowest BCUT2D eigenvalue weighted by Gasteiger charge is -2.10. The first-order valence-corrected chi connectivity index (χ1v) is 6.04. The number of carbonyl (C=O) groups is 1. The molecule has 0 aliphatic carbocycles. The summed E-state index contributed by atoms with van der Waals surface area (Å²) in [5.41, 5.74) is 0. The molecule has 1 heterocycles. The Hall–Kier alpha value is -1.35. The Morgan fingerprint density at radius 3 is 2.94 bits per heavy atom. The molecular weight excluding hydrogens is 236 g/mol. The minimum Gasteiger partial charge on any atom is -0.384 e. The van der Waals surface area contributed by atoms with Crippen LogP contribution in [-0.2, 0) is 11.3 Å². The molecule has 0 atom stereocenters. The number of rotatable bonds is 4. The second-order valence-corrected chi connectivity index (χ2v) is 4.79.